The van der Waals surface area contributed by atoms with Crippen molar-refractivity contribution in [1.29, 1.82) is 0 Å². The summed E-state index contributed by atoms with van der Waals surface area (Å²) < 4.78 is 10.8. The number of nitrogens with two attached hydrogens (primary N) is 1. The number of hydrogen-bond acceptors (Lipinski definition) is 7. The van der Waals surface area contributed by atoms with Crippen LogP contribution in [0.5, 0.6) is 11.5 Å². The monoisotopic (exact) mass is 419 g/mol. The third-order valence-electron chi connectivity index (χ3n) is 5.42. The van der Waals surface area contributed by atoms with Gasteiger partial charge in [0.25, 0.3) is 0 Å². The van der Waals surface area contributed by atoms with Crippen molar-refractivity contribution in [2.45, 2.75) is 0 Å². The number of nitrogens with zero attached hydrogens (tertiary/aromatic N) is 4. The zero-order chi connectivity index (χ0) is 21.8. The van der Waals surface area contributed by atoms with Crippen LogP contribution in [0, 0.1) is 0 Å². The van der Waals surface area contributed by atoms with Crippen molar-refractivity contribution >= 4 is 17.4 Å². The summed E-state index contributed by atoms with van der Waals surface area (Å²) in [5, 5.41) is 0. The summed E-state index contributed by atoms with van der Waals surface area (Å²) in [7, 11) is 3.28. The van der Waals surface area contributed by atoms with Gasteiger partial charge in [0.1, 0.15) is 5.82 Å². The van der Waals surface area contributed by atoms with Crippen molar-refractivity contribution in [2.75, 3.05) is 50.2 Å². The van der Waals surface area contributed by atoms with E-state index in [1.807, 2.05) is 30.3 Å². The molecule has 0 unspecified atom stereocenters. The predicted molar refractivity (Wildman–Crippen MR) is 120 cm³/mol. The highest BCUT2D eigenvalue weighted by molar-refractivity contribution is 5.93. The number of hydrogen-bond donors (Lipinski definition) is 1. The lowest BCUT2D eigenvalue weighted by atomic mass is 10.1. The Bertz CT molecular complexity index is 1060. The van der Waals surface area contributed by atoms with Crippen LogP contribution in [-0.2, 0) is 0 Å². The first-order valence-electron chi connectivity index (χ1n) is 10.0. The number of ether oxygens (including phenoxy) is 2. The van der Waals surface area contributed by atoms with E-state index >= 15 is 0 Å². The molecule has 1 aliphatic heterocycles. The minimum absolute atomic E-state index is 0.446. The van der Waals surface area contributed by atoms with E-state index in [2.05, 4.69) is 14.8 Å². The summed E-state index contributed by atoms with van der Waals surface area (Å²) in [5.74, 6) is 1.84. The molecule has 0 bridgehead atoms. The molecule has 1 aliphatic rings. The normalized spacial score (nSPS) is 13.7. The van der Waals surface area contributed by atoms with E-state index in [4.69, 9.17) is 20.2 Å². The molecular weight excluding hydrogens is 394 g/mol. The van der Waals surface area contributed by atoms with Crippen LogP contribution in [0.25, 0.3) is 11.3 Å². The number of piperazine rings is 1. The third-order valence-corrected chi connectivity index (χ3v) is 5.42. The molecule has 2 aromatic carbocycles. The van der Waals surface area contributed by atoms with Gasteiger partial charge in [-0.15, -0.1) is 0 Å². The molecular formula is C23H25N5O3. The fourth-order valence-electron chi connectivity index (χ4n) is 3.67. The number of primary amides is 1. The number of anilines is 2. The van der Waals surface area contributed by atoms with E-state index in [1.54, 1.807) is 38.7 Å². The maximum atomic E-state index is 11.3. The molecule has 160 valence electrons. The third kappa shape index (κ3) is 4.37. The second kappa shape index (κ2) is 8.91. The van der Waals surface area contributed by atoms with Crippen LogP contribution >= 0.6 is 0 Å². The van der Waals surface area contributed by atoms with Gasteiger partial charge in [0.15, 0.2) is 11.5 Å². The van der Waals surface area contributed by atoms with Crippen molar-refractivity contribution in [3.05, 3.63) is 60.4 Å². The van der Waals surface area contributed by atoms with Crippen molar-refractivity contribution in [3.63, 3.8) is 0 Å². The summed E-state index contributed by atoms with van der Waals surface area (Å²) in [5.41, 5.74) is 8.54. The fourth-order valence-corrected chi connectivity index (χ4v) is 3.67. The van der Waals surface area contributed by atoms with Crippen molar-refractivity contribution < 1.29 is 14.3 Å². The molecule has 3 aromatic rings. The number of carbonyl (C=O) groups excluding carboxylic acids is 1. The molecule has 1 fully saturated rings. The molecule has 1 saturated heterocycles. The second-order valence-corrected chi connectivity index (χ2v) is 7.22. The Hall–Kier alpha value is -3.81. The minimum Gasteiger partial charge on any atom is -0.493 e. The molecule has 0 aliphatic carbocycles. The van der Waals surface area contributed by atoms with Crippen molar-refractivity contribution in [3.8, 4) is 22.8 Å². The van der Waals surface area contributed by atoms with E-state index in [1.165, 1.54) is 0 Å². The van der Waals surface area contributed by atoms with E-state index in [9.17, 15) is 4.79 Å². The smallest absolute Gasteiger partial charge is 0.248 e. The average molecular weight is 419 g/mol. The van der Waals surface area contributed by atoms with Crippen LogP contribution in [0.3, 0.4) is 0 Å². The Balaban J connectivity index is 1.45. The van der Waals surface area contributed by atoms with E-state index in [-0.39, 0.29) is 0 Å². The highest BCUT2D eigenvalue weighted by Crippen LogP contribution is 2.32. The number of rotatable bonds is 6. The highest BCUT2D eigenvalue weighted by Gasteiger charge is 2.20. The van der Waals surface area contributed by atoms with Gasteiger partial charge in [0, 0.05) is 49.1 Å². The summed E-state index contributed by atoms with van der Waals surface area (Å²) in [6.07, 6.45) is 3.51. The molecule has 0 spiro atoms. The quantitative estimate of drug-likeness (QED) is 0.656. The zero-order valence-corrected chi connectivity index (χ0v) is 17.6. The standard InChI is InChI=1S/C23H25N5O3/c1-30-20-8-7-18(13-21(20)31-2)27-9-11-28(12-10-27)22-15-25-14-19(26-22)16-3-5-17(6-4-16)23(24)29/h3-8,13-15H,9-12H2,1-2H3,(H2,24,29). The summed E-state index contributed by atoms with van der Waals surface area (Å²) in [6, 6.07) is 13.1. The van der Waals surface area contributed by atoms with Crippen molar-refractivity contribution in [2.24, 2.45) is 5.73 Å². The van der Waals surface area contributed by atoms with Gasteiger partial charge in [-0.1, -0.05) is 12.1 Å². The topological polar surface area (TPSA) is 93.8 Å². The van der Waals surface area contributed by atoms with Gasteiger partial charge in [-0.2, -0.15) is 0 Å². The lowest BCUT2D eigenvalue weighted by Crippen LogP contribution is -2.46. The first-order chi connectivity index (χ1) is 15.1. The van der Waals surface area contributed by atoms with E-state index in [0.717, 1.165) is 60.4 Å². The number of carbonyl (C=O) groups is 1. The molecule has 31 heavy (non-hydrogen) atoms. The first kappa shape index (κ1) is 20.5. The first-order valence-corrected chi connectivity index (χ1v) is 10.0. The minimum atomic E-state index is -0.446. The van der Waals surface area contributed by atoms with Crippen LogP contribution in [0.1, 0.15) is 10.4 Å². The van der Waals surface area contributed by atoms with Gasteiger partial charge in [0.2, 0.25) is 5.91 Å². The molecule has 8 heteroatoms. The van der Waals surface area contributed by atoms with Crippen molar-refractivity contribution in [1.82, 2.24) is 9.97 Å². The highest BCUT2D eigenvalue weighted by atomic mass is 16.5. The maximum absolute atomic E-state index is 11.3. The summed E-state index contributed by atoms with van der Waals surface area (Å²) in [6.45, 7) is 3.36. The van der Waals surface area contributed by atoms with Crippen LogP contribution in [-0.4, -0.2) is 56.3 Å². The van der Waals surface area contributed by atoms with E-state index < -0.39 is 5.91 Å². The Morgan fingerprint density at radius 2 is 1.58 bits per heavy atom. The van der Waals surface area contributed by atoms with Gasteiger partial charge in [-0.05, 0) is 24.3 Å². The molecule has 0 atom stereocenters. The van der Waals surface area contributed by atoms with Gasteiger partial charge >= 0.3 is 0 Å². The molecule has 2 N–H and O–H groups in total. The fraction of sp³-hybridized carbons (Fsp3) is 0.261. The molecule has 1 amide bonds. The van der Waals surface area contributed by atoms with Gasteiger partial charge in [0.05, 0.1) is 32.3 Å². The van der Waals surface area contributed by atoms with Gasteiger partial charge in [-0.3, -0.25) is 9.78 Å². The largest absolute Gasteiger partial charge is 0.493 e. The van der Waals surface area contributed by atoms with Gasteiger partial charge in [-0.25, -0.2) is 4.98 Å². The number of aromatic nitrogens is 2. The molecule has 8 nitrogen and oxygen atoms in total. The number of benzene rings is 2. The number of methoxy groups -OCH3 is 2. The maximum Gasteiger partial charge on any atom is 0.248 e. The Morgan fingerprint density at radius 3 is 2.23 bits per heavy atom. The molecule has 4 rings (SSSR count). The summed E-state index contributed by atoms with van der Waals surface area (Å²) in [4.78, 5) is 25.0. The zero-order valence-electron chi connectivity index (χ0n) is 17.6. The Morgan fingerprint density at radius 1 is 0.903 bits per heavy atom. The Labute approximate surface area is 181 Å². The van der Waals surface area contributed by atoms with Crippen LogP contribution < -0.4 is 25.0 Å². The summed E-state index contributed by atoms with van der Waals surface area (Å²) >= 11 is 0. The lowest BCUT2D eigenvalue weighted by Gasteiger charge is -2.36. The SMILES string of the molecule is COc1ccc(N2CCN(c3cncc(-c4ccc(C(N)=O)cc4)n3)CC2)cc1OC. The van der Waals surface area contributed by atoms with Crippen LogP contribution in [0.15, 0.2) is 54.9 Å². The Kier molecular flexibility index (Phi) is 5.88. The molecule has 0 saturated carbocycles. The van der Waals surface area contributed by atoms with Crippen LogP contribution in [0.2, 0.25) is 0 Å². The van der Waals surface area contributed by atoms with Gasteiger partial charge < -0.3 is 25.0 Å². The van der Waals surface area contributed by atoms with Crippen LogP contribution in [0.4, 0.5) is 11.5 Å². The lowest BCUT2D eigenvalue weighted by molar-refractivity contribution is 0.100. The second-order valence-electron chi connectivity index (χ2n) is 7.22. The molecule has 1 aromatic heterocycles. The molecule has 2 heterocycles. The van der Waals surface area contributed by atoms with E-state index in [0.29, 0.717) is 5.56 Å². The predicted octanol–water partition coefficient (Wildman–Crippen LogP) is 2.59. The molecule has 0 radical (unpaired) electrons. The average Bonchev–Trinajstić information content (AvgIpc) is 2.84. The number of amides is 1.